The summed E-state index contributed by atoms with van der Waals surface area (Å²) in [5.41, 5.74) is 2.90. The van der Waals surface area contributed by atoms with Crippen LogP contribution in [0, 0.1) is 6.92 Å². The van der Waals surface area contributed by atoms with Gasteiger partial charge in [-0.15, -0.1) is 0 Å². The molecule has 26 heavy (non-hydrogen) atoms. The average Bonchev–Trinajstić information content (AvgIpc) is 2.63. The second-order valence-electron chi connectivity index (χ2n) is 5.99. The molecule has 0 aliphatic carbocycles. The Hall–Kier alpha value is -2.34. The van der Waals surface area contributed by atoms with Crippen molar-refractivity contribution >= 4 is 33.4 Å². The molecule has 0 atom stereocenters. The summed E-state index contributed by atoms with van der Waals surface area (Å²) in [5.74, 6) is 0.453. The maximum absolute atomic E-state index is 11.9. The summed E-state index contributed by atoms with van der Waals surface area (Å²) in [6, 6.07) is 13.4. The molecule has 2 aromatic rings. The van der Waals surface area contributed by atoms with E-state index >= 15 is 0 Å². The number of hydrogen-bond donors (Lipinski definition) is 2. The van der Waals surface area contributed by atoms with Gasteiger partial charge >= 0.3 is 0 Å². The summed E-state index contributed by atoms with van der Waals surface area (Å²) in [7, 11) is 1.63. The highest BCUT2D eigenvalue weighted by Crippen LogP contribution is 2.19. The Morgan fingerprint density at radius 1 is 1.08 bits per heavy atom. The normalized spacial score (nSPS) is 10.3. The van der Waals surface area contributed by atoms with Crippen molar-refractivity contribution < 1.29 is 14.3 Å². The van der Waals surface area contributed by atoms with E-state index in [1.54, 1.807) is 7.11 Å². The minimum atomic E-state index is -0.241. The number of carbonyl (C=O) groups excluding carboxylic acids is 2. The van der Waals surface area contributed by atoms with Gasteiger partial charge in [-0.05, 0) is 61.2 Å². The number of rotatable bonds is 8. The average molecular weight is 419 g/mol. The Morgan fingerprint density at radius 3 is 2.46 bits per heavy atom. The fraction of sp³-hybridized carbons (Fsp3) is 0.300. The molecule has 138 valence electrons. The molecule has 0 heterocycles. The third kappa shape index (κ3) is 6.52. The fourth-order valence-corrected chi connectivity index (χ4v) is 2.69. The van der Waals surface area contributed by atoms with Crippen LogP contribution in [0.3, 0.4) is 0 Å². The lowest BCUT2D eigenvalue weighted by Crippen LogP contribution is -2.32. The molecule has 2 aromatic carbocycles. The molecule has 0 unspecified atom stereocenters. The van der Waals surface area contributed by atoms with Crippen molar-refractivity contribution in [1.29, 1.82) is 0 Å². The van der Waals surface area contributed by atoms with Gasteiger partial charge in [0.15, 0.2) is 0 Å². The Kier molecular flexibility index (Phi) is 7.66. The van der Waals surface area contributed by atoms with Crippen LogP contribution in [0.25, 0.3) is 0 Å². The predicted octanol–water partition coefficient (Wildman–Crippen LogP) is 3.84. The summed E-state index contributed by atoms with van der Waals surface area (Å²) in [6.07, 6.45) is 1.92. The number of nitrogens with one attached hydrogen (secondary N) is 2. The summed E-state index contributed by atoms with van der Waals surface area (Å²) in [5, 5.41) is 5.42. The van der Waals surface area contributed by atoms with E-state index in [0.717, 1.165) is 34.2 Å². The standard InChI is InChI=1S/C20H23BrN2O3/c1-14-12-16(8-11-18(14)21)23-20(25)13-22-19(24)5-3-4-15-6-9-17(26-2)10-7-15/h6-12H,3-5,13H2,1-2H3,(H,22,24)(H,23,25). The second-order valence-corrected chi connectivity index (χ2v) is 6.84. The van der Waals surface area contributed by atoms with E-state index in [4.69, 9.17) is 4.74 Å². The summed E-state index contributed by atoms with van der Waals surface area (Å²) in [4.78, 5) is 23.8. The molecule has 2 N–H and O–H groups in total. The molecular formula is C20H23BrN2O3. The van der Waals surface area contributed by atoms with Gasteiger partial charge in [0.25, 0.3) is 0 Å². The SMILES string of the molecule is COc1ccc(CCCC(=O)NCC(=O)Nc2ccc(Br)c(C)c2)cc1. The van der Waals surface area contributed by atoms with E-state index in [0.29, 0.717) is 12.1 Å². The molecule has 0 radical (unpaired) electrons. The number of ether oxygens (including phenoxy) is 1. The number of amides is 2. The monoisotopic (exact) mass is 418 g/mol. The number of hydrogen-bond acceptors (Lipinski definition) is 3. The zero-order valence-corrected chi connectivity index (χ0v) is 16.6. The summed E-state index contributed by atoms with van der Waals surface area (Å²) < 4.78 is 6.10. The predicted molar refractivity (Wildman–Crippen MR) is 106 cm³/mol. The van der Waals surface area contributed by atoms with Crippen LogP contribution in [0.4, 0.5) is 5.69 Å². The van der Waals surface area contributed by atoms with Crippen LogP contribution < -0.4 is 15.4 Å². The van der Waals surface area contributed by atoms with Crippen LogP contribution in [0.15, 0.2) is 46.9 Å². The lowest BCUT2D eigenvalue weighted by Gasteiger charge is -2.08. The topological polar surface area (TPSA) is 67.4 Å². The molecule has 5 nitrogen and oxygen atoms in total. The van der Waals surface area contributed by atoms with E-state index in [-0.39, 0.29) is 18.4 Å². The molecule has 0 spiro atoms. The number of methoxy groups -OCH3 is 1. The molecular weight excluding hydrogens is 396 g/mol. The third-order valence-corrected chi connectivity index (χ3v) is 4.81. The van der Waals surface area contributed by atoms with Gasteiger partial charge in [-0.3, -0.25) is 9.59 Å². The lowest BCUT2D eigenvalue weighted by atomic mass is 10.1. The van der Waals surface area contributed by atoms with Gasteiger partial charge in [-0.25, -0.2) is 0 Å². The first kappa shape index (κ1) is 20.0. The maximum Gasteiger partial charge on any atom is 0.243 e. The molecule has 0 bridgehead atoms. The van der Waals surface area contributed by atoms with Gasteiger partial charge in [-0.1, -0.05) is 28.1 Å². The van der Waals surface area contributed by atoms with Crippen molar-refractivity contribution in [2.75, 3.05) is 19.0 Å². The first-order valence-corrected chi connectivity index (χ1v) is 9.23. The van der Waals surface area contributed by atoms with Crippen molar-refractivity contribution in [3.05, 3.63) is 58.1 Å². The number of aryl methyl sites for hydroxylation is 2. The fourth-order valence-electron chi connectivity index (χ4n) is 2.44. The number of anilines is 1. The molecule has 0 saturated heterocycles. The van der Waals surface area contributed by atoms with Crippen LogP contribution in [0.5, 0.6) is 5.75 Å². The minimum absolute atomic E-state index is 0.0313. The molecule has 0 aliphatic heterocycles. The second kappa shape index (κ2) is 9.97. The van der Waals surface area contributed by atoms with E-state index in [1.165, 1.54) is 0 Å². The van der Waals surface area contributed by atoms with Gasteiger partial charge in [0.05, 0.1) is 13.7 Å². The van der Waals surface area contributed by atoms with E-state index in [2.05, 4.69) is 26.6 Å². The van der Waals surface area contributed by atoms with E-state index in [1.807, 2.05) is 49.4 Å². The van der Waals surface area contributed by atoms with Gasteiger partial charge < -0.3 is 15.4 Å². The Bertz CT molecular complexity index is 760. The number of benzene rings is 2. The van der Waals surface area contributed by atoms with Crippen LogP contribution in [0.1, 0.15) is 24.0 Å². The van der Waals surface area contributed by atoms with Crippen LogP contribution >= 0.6 is 15.9 Å². The largest absolute Gasteiger partial charge is 0.497 e. The third-order valence-electron chi connectivity index (χ3n) is 3.92. The smallest absolute Gasteiger partial charge is 0.243 e. The number of halogens is 1. The van der Waals surface area contributed by atoms with Crippen LogP contribution in [0.2, 0.25) is 0 Å². The Morgan fingerprint density at radius 2 is 1.81 bits per heavy atom. The van der Waals surface area contributed by atoms with E-state index < -0.39 is 0 Å². The molecule has 6 heteroatoms. The summed E-state index contributed by atoms with van der Waals surface area (Å²) >= 11 is 3.42. The first-order chi connectivity index (χ1) is 12.5. The highest BCUT2D eigenvalue weighted by atomic mass is 79.9. The van der Waals surface area contributed by atoms with Crippen LogP contribution in [-0.4, -0.2) is 25.5 Å². The van der Waals surface area contributed by atoms with Crippen molar-refractivity contribution in [3.63, 3.8) is 0 Å². The molecule has 0 saturated carbocycles. The highest BCUT2D eigenvalue weighted by molar-refractivity contribution is 9.10. The number of carbonyl (C=O) groups is 2. The van der Waals surface area contributed by atoms with Crippen molar-refractivity contribution in [3.8, 4) is 5.75 Å². The van der Waals surface area contributed by atoms with Gasteiger partial charge in [0, 0.05) is 16.6 Å². The lowest BCUT2D eigenvalue weighted by molar-refractivity contribution is -0.124. The van der Waals surface area contributed by atoms with Gasteiger partial charge in [0.2, 0.25) is 11.8 Å². The van der Waals surface area contributed by atoms with E-state index in [9.17, 15) is 9.59 Å². The molecule has 0 fully saturated rings. The molecule has 2 amide bonds. The van der Waals surface area contributed by atoms with Crippen LogP contribution in [-0.2, 0) is 16.0 Å². The zero-order chi connectivity index (χ0) is 18.9. The first-order valence-electron chi connectivity index (χ1n) is 8.43. The zero-order valence-electron chi connectivity index (χ0n) is 15.0. The van der Waals surface area contributed by atoms with Crippen molar-refractivity contribution in [2.24, 2.45) is 0 Å². The minimum Gasteiger partial charge on any atom is -0.497 e. The van der Waals surface area contributed by atoms with Crippen molar-refractivity contribution in [1.82, 2.24) is 5.32 Å². The van der Waals surface area contributed by atoms with Gasteiger partial charge in [-0.2, -0.15) is 0 Å². The Labute approximate surface area is 162 Å². The molecule has 0 aromatic heterocycles. The quantitative estimate of drug-likeness (QED) is 0.683. The highest BCUT2D eigenvalue weighted by Gasteiger charge is 2.07. The maximum atomic E-state index is 11.9. The van der Waals surface area contributed by atoms with Gasteiger partial charge in [0.1, 0.15) is 5.75 Å². The Balaban J connectivity index is 1.67. The summed E-state index contributed by atoms with van der Waals surface area (Å²) in [6.45, 7) is 1.92. The molecule has 0 aliphatic rings. The molecule has 2 rings (SSSR count). The van der Waals surface area contributed by atoms with Crippen molar-refractivity contribution in [2.45, 2.75) is 26.2 Å².